The maximum atomic E-state index is 10.4. The van der Waals surface area contributed by atoms with Crippen LogP contribution >= 0.6 is 11.6 Å². The van der Waals surface area contributed by atoms with Crippen LogP contribution in [0.5, 0.6) is 5.75 Å². The predicted molar refractivity (Wildman–Crippen MR) is 88.8 cm³/mol. The molecule has 1 aliphatic rings. The largest absolute Gasteiger partial charge is 2.00 e. The first-order chi connectivity index (χ1) is 10.3. The molecule has 1 N–H and O–H groups in total. The first kappa shape index (κ1) is 21.3. The molecule has 4 rings (SSSR count). The van der Waals surface area contributed by atoms with Crippen molar-refractivity contribution in [2.24, 2.45) is 0 Å². The van der Waals surface area contributed by atoms with Gasteiger partial charge in [-0.15, -0.1) is 0 Å². The van der Waals surface area contributed by atoms with Crippen molar-refractivity contribution in [3.05, 3.63) is 70.8 Å². The first-order valence-corrected chi connectivity index (χ1v) is 7.32. The van der Waals surface area contributed by atoms with E-state index in [2.05, 4.69) is 18.2 Å². The maximum absolute atomic E-state index is 10.4. The van der Waals surface area contributed by atoms with Crippen LogP contribution in [0, 0.1) is 0 Å². The Labute approximate surface area is 177 Å². The molecule has 120 valence electrons. The smallest absolute Gasteiger partial charge is 1.00 e. The van der Waals surface area contributed by atoms with E-state index in [1.54, 1.807) is 6.07 Å². The Kier molecular flexibility index (Phi) is 7.56. The Bertz CT molecular complexity index is 906. The molecule has 0 atom stereocenters. The minimum absolute atomic E-state index is 0. The molecule has 24 heavy (non-hydrogen) atoms. The summed E-state index contributed by atoms with van der Waals surface area (Å²) >= 11 is 6.47. The third-order valence-electron chi connectivity index (χ3n) is 4.06. The summed E-state index contributed by atoms with van der Waals surface area (Å²) in [6.45, 7) is 0. The van der Waals surface area contributed by atoms with Gasteiger partial charge in [0.05, 0.1) is 0 Å². The zero-order valence-corrected chi connectivity index (χ0v) is 17.3. The van der Waals surface area contributed by atoms with E-state index in [4.69, 9.17) is 11.6 Å². The molecule has 0 fully saturated rings. The second-order valence-electron chi connectivity index (χ2n) is 5.28. The fourth-order valence-corrected chi connectivity index (χ4v) is 3.34. The summed E-state index contributed by atoms with van der Waals surface area (Å²) in [4.78, 5) is 0. The van der Waals surface area contributed by atoms with Crippen molar-refractivity contribution in [2.75, 3.05) is 0 Å². The number of rotatable bonds is 1. The van der Waals surface area contributed by atoms with Gasteiger partial charge in [0.15, 0.2) is 0 Å². The molecule has 0 saturated carbocycles. The number of hydrogen-bond acceptors (Lipinski definition) is 1. The van der Waals surface area contributed by atoms with Gasteiger partial charge in [0.2, 0.25) is 0 Å². The van der Waals surface area contributed by atoms with Crippen LogP contribution in [0.2, 0.25) is 5.02 Å². The van der Waals surface area contributed by atoms with Crippen molar-refractivity contribution in [2.45, 2.75) is 6.42 Å². The average Bonchev–Trinajstić information content (AvgIpc) is 2.97. The molecular weight excluding hydrogens is 442 g/mol. The van der Waals surface area contributed by atoms with Crippen LogP contribution < -0.4 is 24.8 Å². The van der Waals surface area contributed by atoms with Gasteiger partial charge in [0, 0.05) is 16.1 Å². The van der Waals surface area contributed by atoms with Gasteiger partial charge in [-0.2, -0.15) is 0 Å². The van der Waals surface area contributed by atoms with Crippen LogP contribution in [0.3, 0.4) is 0 Å². The third-order valence-corrected chi connectivity index (χ3v) is 4.38. The second kappa shape index (κ2) is 8.54. The van der Waals surface area contributed by atoms with Crippen molar-refractivity contribution in [3.8, 4) is 16.9 Å². The van der Waals surface area contributed by atoms with Crippen LogP contribution in [-0.2, 0) is 32.6 Å². The summed E-state index contributed by atoms with van der Waals surface area (Å²) in [6.07, 6.45) is 5.15. The molecular formula is C19H13Cl3OZr. The van der Waals surface area contributed by atoms with Gasteiger partial charge in [-0.3, -0.25) is 0 Å². The van der Waals surface area contributed by atoms with Gasteiger partial charge >= 0.3 is 26.2 Å². The molecule has 3 aromatic rings. The Morgan fingerprint density at radius 2 is 1.62 bits per heavy atom. The summed E-state index contributed by atoms with van der Waals surface area (Å²) in [5.74, 6) is 0.268. The Balaban J connectivity index is 0.000000960. The molecule has 0 amide bonds. The van der Waals surface area contributed by atoms with Gasteiger partial charge in [-0.05, 0) is 40.5 Å². The summed E-state index contributed by atoms with van der Waals surface area (Å²) in [7, 11) is 0. The SMILES string of the molecule is Oc1ccc2ccccc2c1-c1c(Cl)ccc2c1C=CC2.[Cl-].[Cl-].[Zr+2]. The molecule has 0 aromatic heterocycles. The topological polar surface area (TPSA) is 20.2 Å². The van der Waals surface area contributed by atoms with Crippen molar-refractivity contribution in [3.63, 3.8) is 0 Å². The number of phenols is 1. The Morgan fingerprint density at radius 1 is 0.875 bits per heavy atom. The van der Waals surface area contributed by atoms with E-state index in [0.29, 0.717) is 5.02 Å². The molecule has 0 aliphatic heterocycles. The normalized spacial score (nSPS) is 11.2. The molecule has 0 spiro atoms. The molecule has 0 unspecified atom stereocenters. The van der Waals surface area contributed by atoms with Gasteiger partial charge in [-0.25, -0.2) is 0 Å². The first-order valence-electron chi connectivity index (χ1n) is 6.95. The molecule has 1 aliphatic carbocycles. The molecule has 0 radical (unpaired) electrons. The summed E-state index contributed by atoms with van der Waals surface area (Å²) < 4.78 is 0. The number of fused-ring (bicyclic) bond motifs is 2. The fourth-order valence-electron chi connectivity index (χ4n) is 3.09. The average molecular weight is 455 g/mol. The van der Waals surface area contributed by atoms with Gasteiger partial charge in [0.1, 0.15) is 5.75 Å². The van der Waals surface area contributed by atoms with E-state index in [-0.39, 0.29) is 56.8 Å². The zero-order valence-electron chi connectivity index (χ0n) is 12.6. The fraction of sp³-hybridized carbons (Fsp3) is 0.0526. The molecule has 0 bridgehead atoms. The molecule has 1 nitrogen and oxygen atoms in total. The van der Waals surface area contributed by atoms with Crippen LogP contribution in [0.1, 0.15) is 11.1 Å². The quantitative estimate of drug-likeness (QED) is 0.523. The van der Waals surface area contributed by atoms with Gasteiger partial charge in [-0.1, -0.05) is 60.2 Å². The van der Waals surface area contributed by atoms with E-state index >= 15 is 0 Å². The number of benzene rings is 3. The summed E-state index contributed by atoms with van der Waals surface area (Å²) in [5, 5.41) is 13.2. The minimum atomic E-state index is 0. The number of phenolic OH excluding ortho intramolecular Hbond substituents is 1. The maximum Gasteiger partial charge on any atom is 2.00 e. The summed E-state index contributed by atoms with van der Waals surface area (Å²) in [6, 6.07) is 15.7. The monoisotopic (exact) mass is 452 g/mol. The van der Waals surface area contributed by atoms with E-state index in [9.17, 15) is 5.11 Å². The van der Waals surface area contributed by atoms with E-state index in [1.165, 1.54) is 5.56 Å². The molecule has 5 heteroatoms. The standard InChI is InChI=1S/C19H13ClO.2ClH.Zr/c20-16-10-8-13-5-3-7-14(13)18(16)19-15-6-2-1-4-12(15)9-11-17(19)21;;;/h1-4,6-11,21H,5H2;2*1H;/q;;;+2/p-2. The van der Waals surface area contributed by atoms with Crippen molar-refractivity contribution in [1.29, 1.82) is 0 Å². The minimum Gasteiger partial charge on any atom is -1.00 e. The number of halogens is 3. The van der Waals surface area contributed by atoms with E-state index in [1.807, 2.05) is 36.4 Å². The van der Waals surface area contributed by atoms with Crippen LogP contribution in [0.4, 0.5) is 0 Å². The number of aromatic hydroxyl groups is 1. The third kappa shape index (κ3) is 3.44. The second-order valence-corrected chi connectivity index (χ2v) is 5.69. The molecule has 0 heterocycles. The van der Waals surface area contributed by atoms with Gasteiger partial charge < -0.3 is 29.9 Å². The van der Waals surface area contributed by atoms with Crippen LogP contribution in [0.15, 0.2) is 54.6 Å². The van der Waals surface area contributed by atoms with E-state index in [0.717, 1.165) is 33.9 Å². The molecule has 0 saturated heterocycles. The number of hydrogen-bond donors (Lipinski definition) is 1. The van der Waals surface area contributed by atoms with Crippen LogP contribution in [-0.4, -0.2) is 5.11 Å². The summed E-state index contributed by atoms with van der Waals surface area (Å²) in [5.41, 5.74) is 4.12. The Morgan fingerprint density at radius 3 is 2.42 bits per heavy atom. The Hall–Kier alpha value is -0.787. The number of allylic oxidation sites excluding steroid dienone is 1. The van der Waals surface area contributed by atoms with Gasteiger partial charge in [0.25, 0.3) is 0 Å². The predicted octanol–water partition coefficient (Wildman–Crippen LogP) is -0.559. The van der Waals surface area contributed by atoms with Crippen molar-refractivity contribution < 1.29 is 56.1 Å². The molecule has 3 aromatic carbocycles. The zero-order chi connectivity index (χ0) is 14.4. The van der Waals surface area contributed by atoms with Crippen molar-refractivity contribution in [1.82, 2.24) is 0 Å². The van der Waals surface area contributed by atoms with E-state index < -0.39 is 0 Å². The van der Waals surface area contributed by atoms with Crippen LogP contribution in [0.25, 0.3) is 28.0 Å². The van der Waals surface area contributed by atoms with Crippen molar-refractivity contribution >= 4 is 28.4 Å².